The molecule has 0 radical (unpaired) electrons. The van der Waals surface area contributed by atoms with Gasteiger partial charge in [0.15, 0.2) is 0 Å². The summed E-state index contributed by atoms with van der Waals surface area (Å²) in [6.07, 6.45) is 5.12. The SMILES string of the molecule is CCc1ccc(C2CCCC2CN)cc1. The van der Waals surface area contributed by atoms with Crippen molar-refractivity contribution < 1.29 is 0 Å². The van der Waals surface area contributed by atoms with Crippen molar-refractivity contribution in [1.82, 2.24) is 0 Å². The highest BCUT2D eigenvalue weighted by molar-refractivity contribution is 5.26. The first-order chi connectivity index (χ1) is 7.35. The Bertz CT molecular complexity index is 302. The van der Waals surface area contributed by atoms with E-state index in [0.29, 0.717) is 0 Å². The third kappa shape index (κ3) is 2.23. The van der Waals surface area contributed by atoms with E-state index < -0.39 is 0 Å². The minimum Gasteiger partial charge on any atom is -0.330 e. The predicted octanol–water partition coefficient (Wildman–Crippen LogP) is 3.09. The van der Waals surface area contributed by atoms with Crippen molar-refractivity contribution >= 4 is 0 Å². The summed E-state index contributed by atoms with van der Waals surface area (Å²) in [5.41, 5.74) is 8.75. The van der Waals surface area contributed by atoms with Gasteiger partial charge in [-0.15, -0.1) is 0 Å². The zero-order chi connectivity index (χ0) is 10.7. The highest BCUT2D eigenvalue weighted by Gasteiger charge is 2.26. The molecule has 1 nitrogen and oxygen atoms in total. The van der Waals surface area contributed by atoms with Crippen molar-refractivity contribution in [3.05, 3.63) is 35.4 Å². The van der Waals surface area contributed by atoms with Crippen molar-refractivity contribution in [3.8, 4) is 0 Å². The second kappa shape index (κ2) is 4.80. The maximum absolute atomic E-state index is 5.82. The van der Waals surface area contributed by atoms with Crippen LogP contribution < -0.4 is 5.73 Å². The van der Waals surface area contributed by atoms with Crippen molar-refractivity contribution in [3.63, 3.8) is 0 Å². The molecule has 0 amide bonds. The molecule has 0 spiro atoms. The van der Waals surface area contributed by atoms with Gasteiger partial charge < -0.3 is 5.73 Å². The topological polar surface area (TPSA) is 26.0 Å². The summed E-state index contributed by atoms with van der Waals surface area (Å²) < 4.78 is 0. The van der Waals surface area contributed by atoms with Crippen LogP contribution in [0.15, 0.2) is 24.3 Å². The largest absolute Gasteiger partial charge is 0.330 e. The lowest BCUT2D eigenvalue weighted by atomic mass is 9.88. The molecular weight excluding hydrogens is 182 g/mol. The van der Waals surface area contributed by atoms with Gasteiger partial charge in [-0.2, -0.15) is 0 Å². The first-order valence-corrected chi connectivity index (χ1v) is 6.14. The summed E-state index contributed by atoms with van der Waals surface area (Å²) in [6, 6.07) is 9.14. The first-order valence-electron chi connectivity index (χ1n) is 6.14. The number of nitrogens with two attached hydrogens (primary N) is 1. The van der Waals surface area contributed by atoms with Crippen LogP contribution in [0.5, 0.6) is 0 Å². The maximum atomic E-state index is 5.82. The maximum Gasteiger partial charge on any atom is -0.00430 e. The summed E-state index contributed by atoms with van der Waals surface area (Å²) in [6.45, 7) is 3.05. The lowest BCUT2D eigenvalue weighted by Gasteiger charge is -2.18. The average molecular weight is 203 g/mol. The Hall–Kier alpha value is -0.820. The van der Waals surface area contributed by atoms with Gasteiger partial charge in [0.1, 0.15) is 0 Å². The summed E-state index contributed by atoms with van der Waals surface area (Å²) in [5, 5.41) is 0. The van der Waals surface area contributed by atoms with Crippen LogP contribution in [0.25, 0.3) is 0 Å². The van der Waals surface area contributed by atoms with Gasteiger partial charge in [0.2, 0.25) is 0 Å². The van der Waals surface area contributed by atoms with Crippen molar-refractivity contribution in [2.24, 2.45) is 11.7 Å². The number of hydrogen-bond acceptors (Lipinski definition) is 1. The van der Waals surface area contributed by atoms with Gasteiger partial charge in [0.25, 0.3) is 0 Å². The van der Waals surface area contributed by atoms with Crippen LogP contribution in [-0.4, -0.2) is 6.54 Å². The van der Waals surface area contributed by atoms with Crippen LogP contribution in [0.4, 0.5) is 0 Å². The molecule has 0 saturated heterocycles. The van der Waals surface area contributed by atoms with E-state index in [2.05, 4.69) is 31.2 Å². The Balaban J connectivity index is 2.14. The monoisotopic (exact) mass is 203 g/mol. The standard InChI is InChI=1S/C14H21N/c1-2-11-6-8-12(9-7-11)14-5-3-4-13(14)10-15/h6-9,13-14H,2-5,10,15H2,1H3. The minimum atomic E-state index is 0.720. The highest BCUT2D eigenvalue weighted by atomic mass is 14.6. The van der Waals surface area contributed by atoms with E-state index in [9.17, 15) is 0 Å². The molecule has 1 saturated carbocycles. The molecule has 1 heteroatoms. The molecule has 2 N–H and O–H groups in total. The van der Waals surface area contributed by atoms with Crippen LogP contribution in [-0.2, 0) is 6.42 Å². The second-order valence-electron chi connectivity index (χ2n) is 4.63. The Morgan fingerprint density at radius 2 is 1.93 bits per heavy atom. The molecule has 0 heterocycles. The highest BCUT2D eigenvalue weighted by Crippen LogP contribution is 2.38. The Kier molecular flexibility index (Phi) is 3.42. The molecule has 2 atom stereocenters. The molecule has 1 aromatic rings. The Labute approximate surface area is 92.7 Å². The van der Waals surface area contributed by atoms with Gasteiger partial charge in [-0.3, -0.25) is 0 Å². The molecule has 82 valence electrons. The molecule has 1 aromatic carbocycles. The number of benzene rings is 1. The molecule has 2 rings (SSSR count). The molecule has 0 bridgehead atoms. The Morgan fingerprint density at radius 3 is 2.53 bits per heavy atom. The second-order valence-corrected chi connectivity index (χ2v) is 4.63. The van der Waals surface area contributed by atoms with E-state index in [1.807, 2.05) is 0 Å². The molecule has 1 fully saturated rings. The predicted molar refractivity (Wildman–Crippen MR) is 65.0 cm³/mol. The lowest BCUT2D eigenvalue weighted by molar-refractivity contribution is 0.496. The first kappa shape index (κ1) is 10.7. The number of hydrogen-bond donors (Lipinski definition) is 1. The molecule has 15 heavy (non-hydrogen) atoms. The third-order valence-electron chi connectivity index (χ3n) is 3.78. The molecule has 2 unspecified atom stereocenters. The average Bonchev–Trinajstić information content (AvgIpc) is 2.77. The van der Waals surface area contributed by atoms with E-state index in [1.165, 1.54) is 30.4 Å². The van der Waals surface area contributed by atoms with Crippen molar-refractivity contribution in [2.75, 3.05) is 6.54 Å². The van der Waals surface area contributed by atoms with Gasteiger partial charge >= 0.3 is 0 Å². The van der Waals surface area contributed by atoms with Gasteiger partial charge in [-0.25, -0.2) is 0 Å². The van der Waals surface area contributed by atoms with Gasteiger partial charge in [0.05, 0.1) is 0 Å². The summed E-state index contributed by atoms with van der Waals surface area (Å²) in [5.74, 6) is 1.44. The van der Waals surface area contributed by atoms with E-state index >= 15 is 0 Å². The lowest BCUT2D eigenvalue weighted by Crippen LogP contribution is -2.17. The van der Waals surface area contributed by atoms with Gasteiger partial charge in [-0.05, 0) is 48.8 Å². The fraction of sp³-hybridized carbons (Fsp3) is 0.571. The van der Waals surface area contributed by atoms with Crippen LogP contribution in [0, 0.1) is 5.92 Å². The van der Waals surface area contributed by atoms with Crippen LogP contribution in [0.2, 0.25) is 0 Å². The summed E-state index contributed by atoms with van der Waals surface area (Å²) in [4.78, 5) is 0. The van der Waals surface area contributed by atoms with Gasteiger partial charge in [-0.1, -0.05) is 37.6 Å². The van der Waals surface area contributed by atoms with E-state index in [4.69, 9.17) is 5.73 Å². The van der Waals surface area contributed by atoms with Crippen LogP contribution >= 0.6 is 0 Å². The normalized spacial score (nSPS) is 25.7. The zero-order valence-electron chi connectivity index (χ0n) is 9.58. The molecule has 0 aromatic heterocycles. The summed E-state index contributed by atoms with van der Waals surface area (Å²) >= 11 is 0. The quantitative estimate of drug-likeness (QED) is 0.802. The fourth-order valence-corrected chi connectivity index (χ4v) is 2.76. The van der Waals surface area contributed by atoms with E-state index in [0.717, 1.165) is 24.8 Å². The van der Waals surface area contributed by atoms with Crippen LogP contribution in [0.3, 0.4) is 0 Å². The Morgan fingerprint density at radius 1 is 1.20 bits per heavy atom. The minimum absolute atomic E-state index is 0.720. The molecule has 1 aliphatic rings. The number of rotatable bonds is 3. The molecule has 0 aliphatic heterocycles. The van der Waals surface area contributed by atoms with Gasteiger partial charge in [0, 0.05) is 0 Å². The smallest absolute Gasteiger partial charge is 0.00430 e. The zero-order valence-corrected chi connectivity index (χ0v) is 9.58. The fourth-order valence-electron chi connectivity index (χ4n) is 2.76. The van der Waals surface area contributed by atoms with E-state index in [-0.39, 0.29) is 0 Å². The van der Waals surface area contributed by atoms with Crippen LogP contribution in [0.1, 0.15) is 43.2 Å². The van der Waals surface area contributed by atoms with E-state index in [1.54, 1.807) is 0 Å². The van der Waals surface area contributed by atoms with Crippen molar-refractivity contribution in [1.29, 1.82) is 0 Å². The molecule has 1 aliphatic carbocycles. The molecular formula is C14H21N. The number of aryl methyl sites for hydroxylation is 1. The van der Waals surface area contributed by atoms with Crippen molar-refractivity contribution in [2.45, 2.75) is 38.5 Å². The third-order valence-corrected chi connectivity index (χ3v) is 3.78. The summed E-state index contributed by atoms with van der Waals surface area (Å²) in [7, 11) is 0.